The molecule has 0 aliphatic rings. The molecule has 3 aromatic rings. The summed E-state index contributed by atoms with van der Waals surface area (Å²) in [6.07, 6.45) is 1.15. The predicted molar refractivity (Wildman–Crippen MR) is 104 cm³/mol. The summed E-state index contributed by atoms with van der Waals surface area (Å²) >= 11 is 2.15. The van der Waals surface area contributed by atoms with Crippen LogP contribution in [0, 0.1) is 3.57 Å². The van der Waals surface area contributed by atoms with Crippen molar-refractivity contribution in [3.8, 4) is 23.0 Å². The van der Waals surface area contributed by atoms with Gasteiger partial charge >= 0.3 is 11.9 Å². The molecule has 0 unspecified atom stereocenters. The second-order valence-corrected chi connectivity index (χ2v) is 6.71. The average Bonchev–Trinajstić information content (AvgIpc) is 2.58. The molecule has 1 aromatic heterocycles. The number of ether oxygens (including phenoxy) is 3. The van der Waals surface area contributed by atoms with Crippen molar-refractivity contribution >= 4 is 45.5 Å². The number of carbonyl (C=O) groups is 2. The van der Waals surface area contributed by atoms with E-state index in [0.717, 1.165) is 9.83 Å². The van der Waals surface area contributed by atoms with Crippen molar-refractivity contribution in [2.75, 3.05) is 0 Å². The molecule has 0 bridgehead atoms. The van der Waals surface area contributed by atoms with Crippen molar-refractivity contribution in [1.82, 2.24) is 0 Å². The highest BCUT2D eigenvalue weighted by Gasteiger charge is 2.18. The highest BCUT2D eigenvalue weighted by molar-refractivity contribution is 14.1. The van der Waals surface area contributed by atoms with Crippen LogP contribution in [0.1, 0.15) is 13.8 Å². The molecule has 27 heavy (non-hydrogen) atoms. The number of hydrogen-bond acceptors (Lipinski definition) is 7. The van der Waals surface area contributed by atoms with Crippen molar-refractivity contribution in [1.29, 1.82) is 0 Å². The first-order chi connectivity index (χ1) is 12.8. The Morgan fingerprint density at radius 3 is 2.22 bits per heavy atom. The SMILES string of the molecule is CC(=O)Oc1cc(OC(C)=O)c2c(=O)c(Oc3ccc(I)cc3)coc2c1. The van der Waals surface area contributed by atoms with Crippen LogP contribution in [0.5, 0.6) is 23.0 Å². The Morgan fingerprint density at radius 2 is 1.59 bits per heavy atom. The summed E-state index contributed by atoms with van der Waals surface area (Å²) < 4.78 is 22.2. The lowest BCUT2D eigenvalue weighted by atomic mass is 10.2. The Labute approximate surface area is 167 Å². The van der Waals surface area contributed by atoms with Gasteiger partial charge in [-0.2, -0.15) is 0 Å². The third kappa shape index (κ3) is 4.45. The predicted octanol–water partition coefficient (Wildman–Crippen LogP) is 4.04. The Morgan fingerprint density at radius 1 is 0.926 bits per heavy atom. The fourth-order valence-electron chi connectivity index (χ4n) is 2.34. The van der Waals surface area contributed by atoms with Crippen LogP contribution in [-0.2, 0) is 9.59 Å². The van der Waals surface area contributed by atoms with Crippen molar-refractivity contribution in [3.05, 3.63) is 56.5 Å². The van der Waals surface area contributed by atoms with Gasteiger partial charge in [-0.05, 0) is 46.9 Å². The van der Waals surface area contributed by atoms with Crippen LogP contribution in [0.25, 0.3) is 11.0 Å². The van der Waals surface area contributed by atoms with Gasteiger partial charge in [0.25, 0.3) is 0 Å². The molecule has 1 heterocycles. The molecule has 0 atom stereocenters. The Bertz CT molecular complexity index is 1080. The molecule has 0 amide bonds. The molecule has 2 aromatic carbocycles. The van der Waals surface area contributed by atoms with E-state index in [0.29, 0.717) is 5.75 Å². The number of fused-ring (bicyclic) bond motifs is 1. The fraction of sp³-hybridized carbons (Fsp3) is 0.105. The molecule has 0 N–H and O–H groups in total. The molecule has 138 valence electrons. The van der Waals surface area contributed by atoms with E-state index in [1.807, 2.05) is 12.1 Å². The maximum absolute atomic E-state index is 12.9. The first-order valence-electron chi connectivity index (χ1n) is 7.73. The zero-order valence-electron chi connectivity index (χ0n) is 14.3. The van der Waals surface area contributed by atoms with Crippen LogP contribution in [0.4, 0.5) is 0 Å². The van der Waals surface area contributed by atoms with Crippen LogP contribution >= 0.6 is 22.6 Å². The number of benzene rings is 2. The number of rotatable bonds is 4. The quantitative estimate of drug-likeness (QED) is 0.316. The highest BCUT2D eigenvalue weighted by Crippen LogP contribution is 2.32. The highest BCUT2D eigenvalue weighted by atomic mass is 127. The van der Waals surface area contributed by atoms with E-state index in [9.17, 15) is 14.4 Å². The number of halogens is 1. The summed E-state index contributed by atoms with van der Waals surface area (Å²) in [6.45, 7) is 2.42. The van der Waals surface area contributed by atoms with Gasteiger partial charge in [0, 0.05) is 29.6 Å². The Kier molecular flexibility index (Phi) is 5.45. The smallest absolute Gasteiger partial charge is 0.308 e. The minimum Gasteiger partial charge on any atom is -0.460 e. The zero-order chi connectivity index (χ0) is 19.6. The maximum atomic E-state index is 12.9. The third-order valence-corrected chi connectivity index (χ3v) is 4.06. The number of esters is 2. The van der Waals surface area contributed by atoms with E-state index in [1.165, 1.54) is 26.0 Å². The van der Waals surface area contributed by atoms with Gasteiger partial charge < -0.3 is 18.6 Å². The first kappa shape index (κ1) is 18.9. The molecule has 0 saturated heterocycles. The molecule has 0 aliphatic carbocycles. The number of carbonyl (C=O) groups excluding carboxylic acids is 2. The van der Waals surface area contributed by atoms with E-state index >= 15 is 0 Å². The van der Waals surface area contributed by atoms with Gasteiger partial charge in [-0.1, -0.05) is 0 Å². The Hall–Kier alpha value is -2.88. The van der Waals surface area contributed by atoms with Crippen molar-refractivity contribution in [2.45, 2.75) is 13.8 Å². The maximum Gasteiger partial charge on any atom is 0.308 e. The zero-order valence-corrected chi connectivity index (χ0v) is 16.4. The van der Waals surface area contributed by atoms with Gasteiger partial charge in [0.05, 0.1) is 0 Å². The standard InChI is InChI=1S/C19H13IO7/c1-10(21)25-14-7-15-18(16(8-14)26-11(2)22)19(23)17(9-24-15)27-13-5-3-12(20)4-6-13/h3-9H,1-2H3. The summed E-state index contributed by atoms with van der Waals surface area (Å²) in [5.41, 5.74) is -0.439. The van der Waals surface area contributed by atoms with E-state index in [4.69, 9.17) is 18.6 Å². The molecule has 3 rings (SSSR count). The third-order valence-electron chi connectivity index (χ3n) is 3.34. The molecular formula is C19H13IO7. The van der Waals surface area contributed by atoms with Crippen LogP contribution < -0.4 is 19.6 Å². The van der Waals surface area contributed by atoms with E-state index in [-0.39, 0.29) is 28.2 Å². The minimum absolute atomic E-state index is 0.00381. The van der Waals surface area contributed by atoms with Crippen molar-refractivity contribution < 1.29 is 28.2 Å². The van der Waals surface area contributed by atoms with Gasteiger partial charge in [-0.3, -0.25) is 14.4 Å². The first-order valence-corrected chi connectivity index (χ1v) is 8.81. The van der Waals surface area contributed by atoms with Gasteiger partial charge in [0.1, 0.15) is 34.5 Å². The normalized spacial score (nSPS) is 10.5. The van der Waals surface area contributed by atoms with Crippen molar-refractivity contribution in [3.63, 3.8) is 0 Å². The summed E-state index contributed by atoms with van der Waals surface area (Å²) in [5, 5.41) is 0.00381. The van der Waals surface area contributed by atoms with Crippen LogP contribution in [0.15, 0.2) is 51.9 Å². The van der Waals surface area contributed by atoms with Crippen LogP contribution in [0.3, 0.4) is 0 Å². The largest absolute Gasteiger partial charge is 0.460 e. The lowest BCUT2D eigenvalue weighted by Crippen LogP contribution is -2.10. The lowest BCUT2D eigenvalue weighted by Gasteiger charge is -2.10. The molecular weight excluding hydrogens is 467 g/mol. The van der Waals surface area contributed by atoms with Crippen LogP contribution in [-0.4, -0.2) is 11.9 Å². The molecule has 0 saturated carbocycles. The summed E-state index contributed by atoms with van der Waals surface area (Å²) in [5.74, 6) is -0.826. The van der Waals surface area contributed by atoms with Crippen LogP contribution in [0.2, 0.25) is 0 Å². The average molecular weight is 480 g/mol. The molecule has 0 spiro atoms. The second kappa shape index (κ2) is 7.78. The van der Waals surface area contributed by atoms with Gasteiger partial charge in [0.2, 0.25) is 11.2 Å². The molecule has 7 nitrogen and oxygen atoms in total. The second-order valence-electron chi connectivity index (χ2n) is 5.47. The molecule has 0 radical (unpaired) electrons. The minimum atomic E-state index is -0.639. The van der Waals surface area contributed by atoms with Crippen molar-refractivity contribution in [2.24, 2.45) is 0 Å². The van der Waals surface area contributed by atoms with Gasteiger partial charge in [-0.25, -0.2) is 0 Å². The van der Waals surface area contributed by atoms with Gasteiger partial charge in [0.15, 0.2) is 0 Å². The summed E-state index contributed by atoms with van der Waals surface area (Å²) in [4.78, 5) is 35.5. The van der Waals surface area contributed by atoms with E-state index < -0.39 is 17.4 Å². The molecule has 8 heteroatoms. The summed E-state index contributed by atoms with van der Waals surface area (Å²) in [6, 6.07) is 9.71. The molecule has 0 aliphatic heterocycles. The Balaban J connectivity index is 2.12. The molecule has 0 fully saturated rings. The fourth-order valence-corrected chi connectivity index (χ4v) is 2.70. The summed E-state index contributed by atoms with van der Waals surface area (Å²) in [7, 11) is 0. The van der Waals surface area contributed by atoms with Gasteiger partial charge in [-0.15, -0.1) is 0 Å². The van der Waals surface area contributed by atoms with E-state index in [1.54, 1.807) is 12.1 Å². The number of hydrogen-bond donors (Lipinski definition) is 0. The monoisotopic (exact) mass is 480 g/mol. The van der Waals surface area contributed by atoms with E-state index in [2.05, 4.69) is 22.6 Å². The lowest BCUT2D eigenvalue weighted by molar-refractivity contribution is -0.132. The topological polar surface area (TPSA) is 92.0 Å².